The Morgan fingerprint density at radius 1 is 1.50 bits per heavy atom. The number of aliphatic hydroxyl groups is 1. The molecule has 0 rings (SSSR count). The zero-order valence-electron chi connectivity index (χ0n) is 10.7. The molecule has 0 bridgehead atoms. The molecule has 3 heteroatoms. The smallest absolute Gasteiger partial charge is 0.247 e. The van der Waals surface area contributed by atoms with Crippen molar-refractivity contribution in [3.8, 4) is 0 Å². The summed E-state index contributed by atoms with van der Waals surface area (Å²) in [7, 11) is 0. The van der Waals surface area contributed by atoms with Crippen LogP contribution in [0.2, 0.25) is 0 Å². The molecule has 0 spiro atoms. The second-order valence-electron chi connectivity index (χ2n) is 4.02. The van der Waals surface area contributed by atoms with Gasteiger partial charge in [-0.2, -0.15) is 0 Å². The fourth-order valence-corrected chi connectivity index (χ4v) is 1.25. The highest BCUT2D eigenvalue weighted by Gasteiger charge is 2.17. The van der Waals surface area contributed by atoms with E-state index in [1.54, 1.807) is 13.0 Å². The molecule has 0 aromatic heterocycles. The Kier molecular flexibility index (Phi) is 7.56. The van der Waals surface area contributed by atoms with Crippen molar-refractivity contribution in [2.24, 2.45) is 5.92 Å². The van der Waals surface area contributed by atoms with Crippen LogP contribution in [0.5, 0.6) is 0 Å². The lowest BCUT2D eigenvalue weighted by molar-refractivity contribution is -0.118. The molecule has 0 aromatic carbocycles. The Hall–Kier alpha value is -1.09. The van der Waals surface area contributed by atoms with Gasteiger partial charge >= 0.3 is 0 Å². The fraction of sp³-hybridized carbons (Fsp3) is 0.615. The van der Waals surface area contributed by atoms with Crippen LogP contribution in [-0.4, -0.2) is 23.7 Å². The molecule has 0 radical (unpaired) electrons. The van der Waals surface area contributed by atoms with Crippen LogP contribution in [0.25, 0.3) is 0 Å². The van der Waals surface area contributed by atoms with Gasteiger partial charge in [0, 0.05) is 5.57 Å². The first kappa shape index (κ1) is 14.9. The molecule has 0 aromatic rings. The second kappa shape index (κ2) is 8.11. The van der Waals surface area contributed by atoms with Gasteiger partial charge < -0.3 is 10.4 Å². The highest BCUT2D eigenvalue weighted by molar-refractivity contribution is 5.93. The van der Waals surface area contributed by atoms with E-state index >= 15 is 0 Å². The summed E-state index contributed by atoms with van der Waals surface area (Å²) in [4.78, 5) is 11.7. The number of amides is 1. The van der Waals surface area contributed by atoms with Gasteiger partial charge in [-0.15, -0.1) is 0 Å². The normalized spacial score (nSPS) is 16.2. The van der Waals surface area contributed by atoms with Gasteiger partial charge in [-0.25, -0.2) is 0 Å². The van der Waals surface area contributed by atoms with Crippen molar-refractivity contribution in [1.82, 2.24) is 5.32 Å². The summed E-state index contributed by atoms with van der Waals surface area (Å²) < 4.78 is 0. The van der Waals surface area contributed by atoms with Gasteiger partial charge in [0.25, 0.3) is 0 Å². The quantitative estimate of drug-likeness (QED) is 0.537. The van der Waals surface area contributed by atoms with E-state index in [1.807, 2.05) is 32.9 Å². The predicted octanol–water partition coefficient (Wildman–Crippen LogP) is 2.03. The Bertz CT molecular complexity index is 269. The molecule has 2 atom stereocenters. The van der Waals surface area contributed by atoms with Crippen molar-refractivity contribution in [1.29, 1.82) is 0 Å². The first-order chi connectivity index (χ1) is 7.56. The van der Waals surface area contributed by atoms with Crippen molar-refractivity contribution < 1.29 is 9.90 Å². The number of rotatable bonds is 6. The average molecular weight is 225 g/mol. The number of nitrogens with one attached hydrogen (secondary N) is 1. The third-order valence-corrected chi connectivity index (χ3v) is 2.74. The van der Waals surface area contributed by atoms with Crippen molar-refractivity contribution in [3.05, 3.63) is 23.8 Å². The highest BCUT2D eigenvalue weighted by atomic mass is 16.3. The zero-order chi connectivity index (χ0) is 12.6. The molecule has 3 nitrogen and oxygen atoms in total. The maximum atomic E-state index is 11.7. The van der Waals surface area contributed by atoms with E-state index in [9.17, 15) is 9.90 Å². The lowest BCUT2D eigenvalue weighted by Gasteiger charge is -2.22. The van der Waals surface area contributed by atoms with E-state index < -0.39 is 0 Å². The van der Waals surface area contributed by atoms with Crippen molar-refractivity contribution in [3.63, 3.8) is 0 Å². The fourth-order valence-electron chi connectivity index (χ4n) is 1.25. The van der Waals surface area contributed by atoms with Gasteiger partial charge in [0.05, 0.1) is 12.6 Å². The molecule has 0 saturated heterocycles. The Labute approximate surface area is 98.2 Å². The highest BCUT2D eigenvalue weighted by Crippen LogP contribution is 2.07. The van der Waals surface area contributed by atoms with E-state index in [1.165, 1.54) is 0 Å². The molecule has 16 heavy (non-hydrogen) atoms. The maximum absolute atomic E-state index is 11.7. The van der Waals surface area contributed by atoms with E-state index in [4.69, 9.17) is 0 Å². The molecule has 0 heterocycles. The monoisotopic (exact) mass is 225 g/mol. The number of allylic oxidation sites excluding steroid dienone is 3. The molecule has 1 amide bonds. The van der Waals surface area contributed by atoms with Crippen LogP contribution < -0.4 is 5.32 Å². The zero-order valence-corrected chi connectivity index (χ0v) is 10.7. The molecule has 2 unspecified atom stereocenters. The van der Waals surface area contributed by atoms with Gasteiger partial charge in [-0.05, 0) is 19.8 Å². The van der Waals surface area contributed by atoms with Crippen LogP contribution >= 0.6 is 0 Å². The first-order valence-corrected chi connectivity index (χ1v) is 5.78. The lowest BCUT2D eigenvalue weighted by Crippen LogP contribution is -2.42. The Morgan fingerprint density at radius 3 is 2.56 bits per heavy atom. The molecule has 0 saturated carbocycles. The summed E-state index contributed by atoms with van der Waals surface area (Å²) in [6.07, 6.45) is 6.39. The van der Waals surface area contributed by atoms with Crippen LogP contribution in [0.15, 0.2) is 23.8 Å². The largest absolute Gasteiger partial charge is 0.394 e. The van der Waals surface area contributed by atoms with Crippen LogP contribution in [0.3, 0.4) is 0 Å². The minimum Gasteiger partial charge on any atom is -0.394 e. The first-order valence-electron chi connectivity index (χ1n) is 5.78. The van der Waals surface area contributed by atoms with Crippen molar-refractivity contribution >= 4 is 5.91 Å². The molecule has 0 aliphatic carbocycles. The minimum absolute atomic E-state index is 0.0162. The number of aliphatic hydroxyl groups excluding tert-OH is 1. The van der Waals surface area contributed by atoms with E-state index in [-0.39, 0.29) is 24.5 Å². The number of carbonyl (C=O) groups is 1. The summed E-state index contributed by atoms with van der Waals surface area (Å²) in [5, 5.41) is 12.0. The second-order valence-corrected chi connectivity index (χ2v) is 4.02. The molecule has 0 fully saturated rings. The van der Waals surface area contributed by atoms with Crippen LogP contribution in [0.4, 0.5) is 0 Å². The Balaban J connectivity index is 4.41. The van der Waals surface area contributed by atoms with Gasteiger partial charge in [0.1, 0.15) is 0 Å². The van der Waals surface area contributed by atoms with E-state index in [0.717, 1.165) is 6.42 Å². The number of hydrogen-bond donors (Lipinski definition) is 2. The van der Waals surface area contributed by atoms with Crippen LogP contribution in [0, 0.1) is 5.92 Å². The number of carbonyl (C=O) groups excluding carboxylic acids is 1. The van der Waals surface area contributed by atoms with Gasteiger partial charge in [-0.3, -0.25) is 4.79 Å². The third kappa shape index (κ3) is 5.12. The topological polar surface area (TPSA) is 49.3 Å². The molecular formula is C13H23NO2. The summed E-state index contributed by atoms with van der Waals surface area (Å²) in [5.74, 6) is 0.168. The average Bonchev–Trinajstić information content (AvgIpc) is 2.31. The maximum Gasteiger partial charge on any atom is 0.247 e. The van der Waals surface area contributed by atoms with Crippen LogP contribution in [0.1, 0.15) is 34.1 Å². The van der Waals surface area contributed by atoms with Gasteiger partial charge in [0.2, 0.25) is 5.91 Å². The summed E-state index contributed by atoms with van der Waals surface area (Å²) in [6, 6.07) is -0.161. The molecule has 2 N–H and O–H groups in total. The molecule has 92 valence electrons. The van der Waals surface area contributed by atoms with Crippen molar-refractivity contribution in [2.45, 2.75) is 40.2 Å². The van der Waals surface area contributed by atoms with Crippen molar-refractivity contribution in [2.75, 3.05) is 6.61 Å². The number of hydrogen-bond acceptors (Lipinski definition) is 2. The molecule has 0 aliphatic heterocycles. The van der Waals surface area contributed by atoms with E-state index in [0.29, 0.717) is 5.57 Å². The summed E-state index contributed by atoms with van der Waals surface area (Å²) >= 11 is 0. The third-order valence-electron chi connectivity index (χ3n) is 2.74. The summed E-state index contributed by atoms with van der Waals surface area (Å²) in [5.41, 5.74) is 0.653. The standard InChI is InChI=1S/C13H23NO2/c1-5-7-8-11(4)13(16)14-12(9-15)10(3)6-2/h5,7-8,10,12,15H,6,9H2,1-4H3,(H,14,16). The van der Waals surface area contributed by atoms with Gasteiger partial charge in [-0.1, -0.05) is 38.5 Å². The van der Waals surface area contributed by atoms with Gasteiger partial charge in [0.15, 0.2) is 0 Å². The molecular weight excluding hydrogens is 202 g/mol. The molecule has 0 aliphatic rings. The van der Waals surface area contributed by atoms with Crippen LogP contribution in [-0.2, 0) is 4.79 Å². The minimum atomic E-state index is -0.161. The predicted molar refractivity (Wildman–Crippen MR) is 67.0 cm³/mol. The Morgan fingerprint density at radius 2 is 2.12 bits per heavy atom. The SMILES string of the molecule is CC=CC=C(C)C(=O)NC(CO)C(C)CC. The lowest BCUT2D eigenvalue weighted by atomic mass is 9.99. The van der Waals surface area contributed by atoms with E-state index in [2.05, 4.69) is 5.32 Å². The summed E-state index contributed by atoms with van der Waals surface area (Å²) in [6.45, 7) is 7.71.